The topological polar surface area (TPSA) is 109 Å². The van der Waals surface area contributed by atoms with Crippen molar-refractivity contribution in [2.24, 2.45) is 5.41 Å². The third-order valence-electron chi connectivity index (χ3n) is 8.50. The first-order chi connectivity index (χ1) is 19.0. The average molecular weight is 619 g/mol. The molecule has 0 bridgehead atoms. The van der Waals surface area contributed by atoms with Crippen molar-refractivity contribution in [1.82, 2.24) is 24.6 Å². The van der Waals surface area contributed by atoms with E-state index in [4.69, 9.17) is 11.6 Å². The first kappa shape index (κ1) is 28.1. The molecule has 0 spiro atoms. The highest BCUT2D eigenvalue weighted by atomic mass is 35.5. The molecule has 0 radical (unpaired) electrons. The van der Waals surface area contributed by atoms with E-state index in [2.05, 4.69) is 20.1 Å². The van der Waals surface area contributed by atoms with Crippen LogP contribution < -0.4 is 14.9 Å². The number of carbonyl (C=O) groups excluding carboxylic acids is 1. The molecule has 9 nitrogen and oxygen atoms in total. The molecule has 1 aromatic carbocycles. The van der Waals surface area contributed by atoms with Gasteiger partial charge in [-0.1, -0.05) is 23.7 Å². The number of hydrogen-bond acceptors (Lipinski definition) is 6. The lowest BCUT2D eigenvalue weighted by molar-refractivity contribution is -0.181. The number of alkyl halides is 5. The summed E-state index contributed by atoms with van der Waals surface area (Å²) >= 11 is 5.95. The van der Waals surface area contributed by atoms with Gasteiger partial charge in [-0.05, 0) is 38.0 Å². The molecule has 4 atom stereocenters. The van der Waals surface area contributed by atoms with E-state index in [0.717, 1.165) is 18.4 Å². The van der Waals surface area contributed by atoms with Crippen molar-refractivity contribution in [3.05, 3.63) is 52.9 Å². The minimum absolute atomic E-state index is 0.0137. The number of nitrogens with one attached hydrogen (secondary N) is 2. The van der Waals surface area contributed by atoms with Gasteiger partial charge in [0.05, 0.1) is 29.2 Å². The number of sulfonamides is 1. The highest BCUT2D eigenvalue weighted by molar-refractivity contribution is 7.89. The van der Waals surface area contributed by atoms with Gasteiger partial charge in [0.2, 0.25) is 15.9 Å². The molecule has 1 saturated heterocycles. The lowest BCUT2D eigenvalue weighted by Gasteiger charge is -2.28. The standard InChI is InChI=1S/C25H24ClF5N6O3S/c1-22(25(29,30)31)12-36(16-11-32-18-9-17(26)34-37(18)20(16)22)15-5-3-13(4-6-15)19-23(2,24(19,27)28)21(38)33-10-14-7-8-41(39,40)35-14/h3-6,9,11,14,19,35H,7-8,10,12H2,1-2H3,(H,33,38)/t14?,19-,22-,23+/m1/s1. The molecule has 3 aliphatic rings. The highest BCUT2D eigenvalue weighted by Crippen LogP contribution is 2.71. The lowest BCUT2D eigenvalue weighted by Crippen LogP contribution is -2.43. The van der Waals surface area contributed by atoms with E-state index in [0.29, 0.717) is 5.69 Å². The number of benzene rings is 1. The van der Waals surface area contributed by atoms with E-state index in [-0.39, 0.29) is 46.5 Å². The van der Waals surface area contributed by atoms with Crippen LogP contribution in [0.4, 0.5) is 33.3 Å². The molecule has 1 aliphatic carbocycles. The Morgan fingerprint density at radius 3 is 2.51 bits per heavy atom. The maximum absolute atomic E-state index is 15.1. The highest BCUT2D eigenvalue weighted by Gasteiger charge is 2.82. The zero-order valence-corrected chi connectivity index (χ0v) is 23.2. The van der Waals surface area contributed by atoms with Crippen LogP contribution in [0.1, 0.15) is 37.4 Å². The van der Waals surface area contributed by atoms with Crippen molar-refractivity contribution >= 4 is 44.6 Å². The van der Waals surface area contributed by atoms with Crippen molar-refractivity contribution in [2.75, 3.05) is 23.7 Å². The van der Waals surface area contributed by atoms with Gasteiger partial charge >= 0.3 is 6.18 Å². The first-order valence-corrected chi connectivity index (χ1v) is 14.7. The van der Waals surface area contributed by atoms with Crippen LogP contribution in [0.15, 0.2) is 36.5 Å². The molecule has 2 N–H and O–H groups in total. The maximum atomic E-state index is 15.1. The van der Waals surface area contributed by atoms with Crippen molar-refractivity contribution in [1.29, 1.82) is 0 Å². The van der Waals surface area contributed by atoms with Crippen LogP contribution in [0.3, 0.4) is 0 Å². The van der Waals surface area contributed by atoms with Gasteiger partial charge in [0.25, 0.3) is 5.92 Å². The number of carbonyl (C=O) groups is 1. The Hall–Kier alpha value is -3.04. The number of halogens is 6. The number of rotatable bonds is 5. The fourth-order valence-electron chi connectivity index (χ4n) is 5.96. The molecule has 41 heavy (non-hydrogen) atoms. The zero-order valence-electron chi connectivity index (χ0n) is 21.6. The minimum Gasteiger partial charge on any atom is -0.354 e. The van der Waals surface area contributed by atoms with Crippen LogP contribution in [0.25, 0.3) is 5.65 Å². The van der Waals surface area contributed by atoms with E-state index in [1.165, 1.54) is 41.4 Å². The van der Waals surface area contributed by atoms with Crippen LogP contribution in [0.2, 0.25) is 5.15 Å². The van der Waals surface area contributed by atoms with Gasteiger partial charge in [-0.3, -0.25) is 4.79 Å². The molecule has 1 unspecified atom stereocenters. The van der Waals surface area contributed by atoms with E-state index >= 15 is 8.78 Å². The van der Waals surface area contributed by atoms with Crippen molar-refractivity contribution < 1.29 is 35.2 Å². The number of anilines is 2. The average Bonchev–Trinajstić information content (AvgIpc) is 3.31. The van der Waals surface area contributed by atoms with Crippen molar-refractivity contribution in [3.8, 4) is 0 Å². The third kappa shape index (κ3) is 4.10. The van der Waals surface area contributed by atoms with E-state index in [9.17, 15) is 26.4 Å². The summed E-state index contributed by atoms with van der Waals surface area (Å²) in [5, 5.41) is 6.43. The van der Waals surface area contributed by atoms with Crippen LogP contribution >= 0.6 is 11.6 Å². The van der Waals surface area contributed by atoms with Gasteiger partial charge in [-0.15, -0.1) is 0 Å². The number of aromatic nitrogens is 3. The van der Waals surface area contributed by atoms with Gasteiger partial charge in [-0.25, -0.2) is 31.4 Å². The summed E-state index contributed by atoms with van der Waals surface area (Å²) in [6.45, 7) is 1.57. The van der Waals surface area contributed by atoms with Gasteiger partial charge < -0.3 is 10.2 Å². The van der Waals surface area contributed by atoms with Crippen LogP contribution in [0.5, 0.6) is 0 Å². The molecule has 3 aromatic rings. The summed E-state index contributed by atoms with van der Waals surface area (Å²) in [6.07, 6.45) is -3.11. The Bertz CT molecular complexity index is 1680. The molecule has 1 amide bonds. The summed E-state index contributed by atoms with van der Waals surface area (Å²) in [4.78, 5) is 18.4. The molecule has 2 aromatic heterocycles. The largest absolute Gasteiger partial charge is 0.401 e. The molecule has 2 aliphatic heterocycles. The molecule has 2 fully saturated rings. The summed E-state index contributed by atoms with van der Waals surface area (Å²) < 4.78 is 99.8. The van der Waals surface area contributed by atoms with Crippen molar-refractivity contribution in [3.63, 3.8) is 0 Å². The van der Waals surface area contributed by atoms with Gasteiger partial charge in [0, 0.05) is 30.9 Å². The minimum atomic E-state index is -4.66. The molecular formula is C25H24ClF5N6O3S. The maximum Gasteiger partial charge on any atom is 0.401 e. The number of amides is 1. The Morgan fingerprint density at radius 1 is 1.22 bits per heavy atom. The normalized spacial score (nSPS) is 30.0. The number of hydrogen-bond donors (Lipinski definition) is 2. The second-order valence-corrected chi connectivity index (χ2v) is 13.4. The molecular weight excluding hydrogens is 595 g/mol. The summed E-state index contributed by atoms with van der Waals surface area (Å²) in [7, 11) is -3.43. The first-order valence-electron chi connectivity index (χ1n) is 12.6. The fourth-order valence-corrected chi connectivity index (χ4v) is 7.55. The van der Waals surface area contributed by atoms with Crippen LogP contribution in [0, 0.1) is 5.41 Å². The van der Waals surface area contributed by atoms with E-state index in [1.54, 1.807) is 0 Å². The summed E-state index contributed by atoms with van der Waals surface area (Å²) in [6, 6.07) is 6.39. The second kappa shape index (κ2) is 8.74. The van der Waals surface area contributed by atoms with Gasteiger partial charge in [0.15, 0.2) is 10.8 Å². The Morgan fingerprint density at radius 2 is 1.90 bits per heavy atom. The number of nitrogens with zero attached hydrogens (tertiary/aromatic N) is 4. The van der Waals surface area contributed by atoms with Gasteiger partial charge in [0.1, 0.15) is 10.8 Å². The Kier molecular flexibility index (Phi) is 5.99. The predicted molar refractivity (Wildman–Crippen MR) is 139 cm³/mol. The Balaban J connectivity index is 1.26. The molecule has 220 valence electrons. The smallest absolute Gasteiger partial charge is 0.354 e. The van der Waals surface area contributed by atoms with Crippen LogP contribution in [-0.4, -0.2) is 65.9 Å². The summed E-state index contributed by atoms with van der Waals surface area (Å²) in [5.74, 6) is -5.87. The molecule has 16 heteroatoms. The molecule has 1 saturated carbocycles. The van der Waals surface area contributed by atoms with Crippen molar-refractivity contribution in [2.45, 2.75) is 49.7 Å². The summed E-state index contributed by atoms with van der Waals surface area (Å²) in [5.41, 5.74) is -3.81. The predicted octanol–water partition coefficient (Wildman–Crippen LogP) is 3.90. The van der Waals surface area contributed by atoms with E-state index in [1.807, 2.05) is 0 Å². The quantitative estimate of drug-likeness (QED) is 0.420. The number of fused-ring (bicyclic) bond motifs is 3. The lowest BCUT2D eigenvalue weighted by atomic mass is 9.87. The molecule has 6 rings (SSSR count). The molecule has 4 heterocycles. The fraction of sp³-hybridized carbons (Fsp3) is 0.480. The van der Waals surface area contributed by atoms with Crippen LogP contribution in [-0.2, 0) is 20.2 Å². The monoisotopic (exact) mass is 618 g/mol. The van der Waals surface area contributed by atoms with Gasteiger partial charge in [-0.2, -0.15) is 18.3 Å². The van der Waals surface area contributed by atoms with E-state index < -0.39 is 57.4 Å². The second-order valence-electron chi connectivity index (χ2n) is 11.1. The third-order valence-corrected chi connectivity index (χ3v) is 10.1. The SMILES string of the molecule is C[C@@]1(C(F)(F)F)CN(c2ccc([C@H]3C(F)(F)[C@]3(C)C(=O)NCC3CCS(=O)(=O)N3)cc2)c2cnc3cc(Cl)nn3c21. The Labute approximate surface area is 236 Å². The zero-order chi connectivity index (χ0) is 29.8.